The minimum Gasteiger partial charge on any atom is -0.354 e. The maximum Gasteiger partial charge on any atom is 0.244 e. The summed E-state index contributed by atoms with van der Waals surface area (Å²) in [5.41, 5.74) is -0.00709. The molecule has 8 heteroatoms. The van der Waals surface area contributed by atoms with Crippen molar-refractivity contribution in [2.75, 3.05) is 19.6 Å². The van der Waals surface area contributed by atoms with Gasteiger partial charge in [0.1, 0.15) is 16.8 Å². The van der Waals surface area contributed by atoms with Crippen LogP contribution in [-0.4, -0.2) is 40.0 Å². The second-order valence-corrected chi connectivity index (χ2v) is 9.23. The van der Waals surface area contributed by atoms with Crippen molar-refractivity contribution in [3.05, 3.63) is 30.1 Å². The molecule has 0 saturated carbocycles. The van der Waals surface area contributed by atoms with Crippen LogP contribution in [0.3, 0.4) is 0 Å². The van der Waals surface area contributed by atoms with Gasteiger partial charge in [0.05, 0.1) is 0 Å². The third kappa shape index (κ3) is 5.25. The van der Waals surface area contributed by atoms with Crippen molar-refractivity contribution in [1.82, 2.24) is 15.4 Å². The molecule has 1 fully saturated rings. The fourth-order valence-electron chi connectivity index (χ4n) is 3.00. The Bertz CT molecular complexity index is 731. The number of carbonyl (C=O) groups excluding carboxylic acids is 1. The molecule has 0 radical (unpaired) electrons. The molecule has 1 atom stereocenters. The van der Waals surface area contributed by atoms with Crippen molar-refractivity contribution in [3.8, 4) is 0 Å². The van der Waals surface area contributed by atoms with Crippen molar-refractivity contribution in [3.63, 3.8) is 0 Å². The first-order valence-corrected chi connectivity index (χ1v) is 10.4. The third-order valence-electron chi connectivity index (χ3n) is 4.86. The SMILES string of the molecule is CC(C)C(NS(=O)(=O)c1ccccc1F)C(=O)NCC1(C)CCNCC1. The summed E-state index contributed by atoms with van der Waals surface area (Å²) in [6.45, 7) is 7.90. The second-order valence-electron chi connectivity index (χ2n) is 7.55. The highest BCUT2D eigenvalue weighted by Crippen LogP contribution is 2.26. The number of halogens is 1. The van der Waals surface area contributed by atoms with Crippen molar-refractivity contribution in [2.45, 2.75) is 44.6 Å². The fourth-order valence-corrected chi connectivity index (χ4v) is 4.43. The minimum absolute atomic E-state index is 0.00709. The van der Waals surface area contributed by atoms with Crippen LogP contribution in [0, 0.1) is 17.2 Å². The molecular formula is C18H28FN3O3S. The third-order valence-corrected chi connectivity index (χ3v) is 6.33. The molecule has 26 heavy (non-hydrogen) atoms. The monoisotopic (exact) mass is 385 g/mol. The van der Waals surface area contributed by atoms with Gasteiger partial charge in [-0.25, -0.2) is 12.8 Å². The summed E-state index contributed by atoms with van der Waals surface area (Å²) >= 11 is 0. The van der Waals surface area contributed by atoms with Crippen LogP contribution in [0.1, 0.15) is 33.6 Å². The van der Waals surface area contributed by atoms with Crippen LogP contribution < -0.4 is 15.4 Å². The molecule has 3 N–H and O–H groups in total. The number of amides is 1. The molecule has 1 aliphatic heterocycles. The van der Waals surface area contributed by atoms with E-state index < -0.39 is 26.8 Å². The molecule has 1 heterocycles. The van der Waals surface area contributed by atoms with Crippen LogP contribution in [-0.2, 0) is 14.8 Å². The van der Waals surface area contributed by atoms with Crippen molar-refractivity contribution in [1.29, 1.82) is 0 Å². The molecule has 1 aliphatic rings. The molecule has 1 amide bonds. The van der Waals surface area contributed by atoms with Crippen LogP contribution >= 0.6 is 0 Å². The van der Waals surface area contributed by atoms with E-state index in [1.165, 1.54) is 18.2 Å². The molecule has 6 nitrogen and oxygen atoms in total. The predicted octanol–water partition coefficient (Wildman–Crippen LogP) is 1.63. The number of hydrogen-bond acceptors (Lipinski definition) is 4. The molecule has 0 spiro atoms. The molecule has 1 aromatic rings. The van der Waals surface area contributed by atoms with Gasteiger partial charge in [-0.2, -0.15) is 4.72 Å². The molecule has 2 rings (SSSR count). The summed E-state index contributed by atoms with van der Waals surface area (Å²) in [6, 6.07) is 4.16. The Kier molecular flexibility index (Phi) is 6.76. The Hall–Kier alpha value is -1.51. The predicted molar refractivity (Wildman–Crippen MR) is 98.6 cm³/mol. The number of rotatable bonds is 7. The maximum atomic E-state index is 13.9. The highest BCUT2D eigenvalue weighted by Gasteiger charge is 2.32. The van der Waals surface area contributed by atoms with E-state index in [0.29, 0.717) is 6.54 Å². The first kappa shape index (κ1) is 20.8. The first-order valence-electron chi connectivity index (χ1n) is 8.90. The van der Waals surface area contributed by atoms with Gasteiger partial charge in [0.2, 0.25) is 15.9 Å². The Morgan fingerprint density at radius 3 is 2.46 bits per heavy atom. The number of sulfonamides is 1. The van der Waals surface area contributed by atoms with Gasteiger partial charge >= 0.3 is 0 Å². The van der Waals surface area contributed by atoms with E-state index in [1.54, 1.807) is 13.8 Å². The normalized spacial score (nSPS) is 18.5. The van der Waals surface area contributed by atoms with Gasteiger partial charge in [-0.1, -0.05) is 32.9 Å². The van der Waals surface area contributed by atoms with Crippen molar-refractivity contribution < 1.29 is 17.6 Å². The smallest absolute Gasteiger partial charge is 0.244 e. The Balaban J connectivity index is 2.08. The van der Waals surface area contributed by atoms with Gasteiger partial charge in [0.25, 0.3) is 0 Å². The summed E-state index contributed by atoms with van der Waals surface area (Å²) in [7, 11) is -4.13. The molecule has 0 aromatic heterocycles. The number of benzene rings is 1. The van der Waals surface area contributed by atoms with E-state index in [1.807, 2.05) is 0 Å². The minimum atomic E-state index is -4.13. The van der Waals surface area contributed by atoms with Crippen LogP contribution in [0.2, 0.25) is 0 Å². The van der Waals surface area contributed by atoms with Crippen LogP contribution in [0.4, 0.5) is 4.39 Å². The molecule has 0 bridgehead atoms. The Morgan fingerprint density at radius 1 is 1.27 bits per heavy atom. The number of piperidine rings is 1. The lowest BCUT2D eigenvalue weighted by molar-refractivity contribution is -0.124. The van der Waals surface area contributed by atoms with Crippen molar-refractivity contribution in [2.24, 2.45) is 11.3 Å². The highest BCUT2D eigenvalue weighted by atomic mass is 32.2. The van der Waals surface area contributed by atoms with Crippen LogP contribution in [0.15, 0.2) is 29.2 Å². The van der Waals surface area contributed by atoms with Gasteiger partial charge in [0, 0.05) is 6.54 Å². The standard InChI is InChI=1S/C18H28FN3O3S/c1-13(2)16(17(23)21-12-18(3)8-10-20-11-9-18)22-26(24,25)15-7-5-4-6-14(15)19/h4-7,13,16,20,22H,8-12H2,1-3H3,(H,21,23). The van der Waals surface area contributed by atoms with E-state index in [9.17, 15) is 17.6 Å². The van der Waals surface area contributed by atoms with E-state index in [2.05, 4.69) is 22.3 Å². The van der Waals surface area contributed by atoms with Gasteiger partial charge < -0.3 is 10.6 Å². The lowest BCUT2D eigenvalue weighted by Crippen LogP contribution is -2.52. The van der Waals surface area contributed by atoms with E-state index in [0.717, 1.165) is 32.0 Å². The number of nitrogens with one attached hydrogen (secondary N) is 3. The summed E-state index contributed by atoms with van der Waals surface area (Å²) < 4.78 is 41.2. The van der Waals surface area contributed by atoms with E-state index in [-0.39, 0.29) is 17.2 Å². The summed E-state index contributed by atoms with van der Waals surface area (Å²) in [5, 5.41) is 6.16. The number of carbonyl (C=O) groups is 1. The van der Waals surface area contributed by atoms with Crippen molar-refractivity contribution >= 4 is 15.9 Å². The van der Waals surface area contributed by atoms with Crippen LogP contribution in [0.5, 0.6) is 0 Å². The van der Waals surface area contributed by atoms with Gasteiger partial charge in [-0.05, 0) is 49.4 Å². The second kappa shape index (κ2) is 8.45. The number of hydrogen-bond donors (Lipinski definition) is 3. The summed E-state index contributed by atoms with van der Waals surface area (Å²) in [4.78, 5) is 12.2. The van der Waals surface area contributed by atoms with E-state index in [4.69, 9.17) is 0 Å². The topological polar surface area (TPSA) is 87.3 Å². The Labute approximate surface area is 155 Å². The Morgan fingerprint density at radius 2 is 1.88 bits per heavy atom. The summed E-state index contributed by atoms with van der Waals surface area (Å²) in [5.74, 6) is -1.51. The molecule has 0 aliphatic carbocycles. The first-order chi connectivity index (χ1) is 12.1. The zero-order valence-corrected chi connectivity index (χ0v) is 16.3. The lowest BCUT2D eigenvalue weighted by Gasteiger charge is -2.34. The molecule has 1 aromatic carbocycles. The fraction of sp³-hybridized carbons (Fsp3) is 0.611. The van der Waals surface area contributed by atoms with E-state index >= 15 is 0 Å². The largest absolute Gasteiger partial charge is 0.354 e. The quantitative estimate of drug-likeness (QED) is 0.666. The van der Waals surface area contributed by atoms with Gasteiger partial charge in [-0.15, -0.1) is 0 Å². The molecular weight excluding hydrogens is 357 g/mol. The average molecular weight is 386 g/mol. The highest BCUT2D eigenvalue weighted by molar-refractivity contribution is 7.89. The zero-order chi connectivity index (χ0) is 19.4. The van der Waals surface area contributed by atoms with Crippen LogP contribution in [0.25, 0.3) is 0 Å². The lowest BCUT2D eigenvalue weighted by atomic mass is 9.81. The molecule has 146 valence electrons. The van der Waals surface area contributed by atoms with Gasteiger partial charge in [-0.3, -0.25) is 4.79 Å². The summed E-state index contributed by atoms with van der Waals surface area (Å²) in [6.07, 6.45) is 1.89. The molecule has 1 saturated heterocycles. The molecule has 1 unspecified atom stereocenters. The maximum absolute atomic E-state index is 13.9. The average Bonchev–Trinajstić information content (AvgIpc) is 2.58. The zero-order valence-electron chi connectivity index (χ0n) is 15.5. The van der Waals surface area contributed by atoms with Gasteiger partial charge in [0.15, 0.2) is 0 Å².